The number of nitriles is 1. The molecule has 61 heavy (non-hydrogen) atoms. The Balaban J connectivity index is 1.03. The zero-order valence-electron chi connectivity index (χ0n) is 32.9. The lowest BCUT2D eigenvalue weighted by Crippen LogP contribution is -2.49. The van der Waals surface area contributed by atoms with Crippen LogP contribution in [0.2, 0.25) is 0 Å². The molecule has 2 unspecified atom stereocenters. The van der Waals surface area contributed by atoms with Crippen LogP contribution >= 0.6 is 0 Å². The van der Waals surface area contributed by atoms with Gasteiger partial charge in [-0.05, 0) is 30.7 Å². The molecular weight excluding hydrogens is 810 g/mol. The second kappa shape index (κ2) is 20.7. The number of aliphatic carboxylic acids is 2. The van der Waals surface area contributed by atoms with Crippen molar-refractivity contribution in [3.63, 3.8) is 0 Å². The molecule has 3 saturated heterocycles. The number of nitrogens with one attached hydrogen (secondary N) is 4. The molecule has 4 heterocycles. The topological polar surface area (TPSA) is 284 Å². The lowest BCUT2D eigenvalue weighted by atomic mass is 10.1. The number of aromatic nitrogens is 1. The van der Waals surface area contributed by atoms with E-state index >= 15 is 0 Å². The third-order valence-corrected chi connectivity index (χ3v) is 10.3. The first kappa shape index (κ1) is 45.7. The molecule has 5 rings (SSSR count). The SMILES string of the molecule is N#C[C@@H]1CC(F)(F)CN1C(=O)CNC(=O)c1ccnc2ccc(NC(=O)CCC(=O)NCCNC(=O)CCC(C(=O)O)N3CCN(CC(=O)O)CCN4CC(=O)OC4C3)cc12. The van der Waals surface area contributed by atoms with Crippen LogP contribution in [0.3, 0.4) is 0 Å². The maximum atomic E-state index is 13.8. The highest BCUT2D eigenvalue weighted by Crippen LogP contribution is 2.31. The molecule has 0 saturated carbocycles. The standard InChI is InChI=1S/C38H46F2N10O11/c39-38(40)16-24(17-41)50(22-38)32(54)18-45-36(58)25-7-8-42-27-2-1-23(15-26(25)27)46-31(53)6-5-30(52)44-10-9-43-29(51)4-3-28(37(59)60)48-13-11-47(20-34(55)56)12-14-49-21-35(57)61-33(49)19-48/h1-2,7-8,15,24,28,33H,3-6,9-14,16,18-22H2,(H,43,51)(H,44,52)(H,45,58)(H,46,53)(H,55,56)(H,59,60)/t24-,28?,33?/m0/s1. The summed E-state index contributed by atoms with van der Waals surface area (Å²) in [5.41, 5.74) is 0.720. The highest BCUT2D eigenvalue weighted by atomic mass is 19.3. The van der Waals surface area contributed by atoms with Gasteiger partial charge in [0.2, 0.25) is 23.6 Å². The summed E-state index contributed by atoms with van der Waals surface area (Å²) in [5, 5.41) is 39.0. The van der Waals surface area contributed by atoms with E-state index in [1.165, 1.54) is 30.5 Å². The van der Waals surface area contributed by atoms with Crippen molar-refractivity contribution in [2.75, 3.05) is 77.3 Å². The molecule has 23 heteroatoms. The van der Waals surface area contributed by atoms with Gasteiger partial charge in [-0.15, -0.1) is 0 Å². The van der Waals surface area contributed by atoms with Crippen LogP contribution in [-0.2, 0) is 38.3 Å². The number of likely N-dealkylation sites (tertiary alicyclic amines) is 1. The molecule has 3 atom stereocenters. The number of rotatable bonds is 17. The van der Waals surface area contributed by atoms with E-state index in [0.717, 1.165) is 4.90 Å². The predicted molar refractivity (Wildman–Crippen MR) is 206 cm³/mol. The number of hydrogen-bond acceptors (Lipinski definition) is 14. The molecule has 3 fully saturated rings. The largest absolute Gasteiger partial charge is 0.480 e. The van der Waals surface area contributed by atoms with Gasteiger partial charge in [-0.25, -0.2) is 8.78 Å². The fraction of sp³-hybridized carbons (Fsp3) is 0.526. The van der Waals surface area contributed by atoms with Gasteiger partial charge < -0.3 is 41.1 Å². The molecule has 0 radical (unpaired) electrons. The van der Waals surface area contributed by atoms with Crippen molar-refractivity contribution in [1.82, 2.24) is 40.5 Å². The number of amides is 5. The van der Waals surface area contributed by atoms with E-state index in [9.17, 15) is 57.4 Å². The van der Waals surface area contributed by atoms with Crippen molar-refractivity contribution in [2.45, 2.75) is 56.3 Å². The van der Waals surface area contributed by atoms with E-state index in [1.54, 1.807) is 20.8 Å². The van der Waals surface area contributed by atoms with E-state index in [1.807, 2.05) is 0 Å². The quantitative estimate of drug-likeness (QED) is 0.0805. The lowest BCUT2D eigenvalue weighted by molar-refractivity contribution is -0.147. The van der Waals surface area contributed by atoms with Crippen molar-refractivity contribution < 1.29 is 62.1 Å². The second-order valence-electron chi connectivity index (χ2n) is 14.7. The van der Waals surface area contributed by atoms with Crippen LogP contribution in [-0.4, -0.2) is 178 Å². The fourth-order valence-corrected chi connectivity index (χ4v) is 7.21. The number of carbonyl (C=O) groups excluding carboxylic acids is 6. The summed E-state index contributed by atoms with van der Waals surface area (Å²) in [6.07, 6.45) is -0.866. The van der Waals surface area contributed by atoms with Crippen LogP contribution in [0.5, 0.6) is 0 Å². The van der Waals surface area contributed by atoms with Gasteiger partial charge in [-0.1, -0.05) is 0 Å². The minimum Gasteiger partial charge on any atom is -0.480 e. The molecule has 5 amide bonds. The third-order valence-electron chi connectivity index (χ3n) is 10.3. The minimum absolute atomic E-state index is 0.00507. The van der Waals surface area contributed by atoms with Gasteiger partial charge in [0.15, 0.2) is 6.23 Å². The Morgan fingerprint density at radius 1 is 0.951 bits per heavy atom. The molecule has 2 aromatic rings. The third kappa shape index (κ3) is 13.1. The normalized spacial score (nSPS) is 19.9. The van der Waals surface area contributed by atoms with Crippen molar-refractivity contribution in [2.24, 2.45) is 0 Å². The summed E-state index contributed by atoms with van der Waals surface area (Å²) in [4.78, 5) is 109. The number of anilines is 1. The van der Waals surface area contributed by atoms with Crippen LogP contribution in [0.15, 0.2) is 30.5 Å². The number of carboxylic acids is 2. The number of pyridine rings is 1. The van der Waals surface area contributed by atoms with Gasteiger partial charge in [-0.2, -0.15) is 5.26 Å². The average molecular weight is 857 g/mol. The number of fused-ring (bicyclic) bond motifs is 2. The van der Waals surface area contributed by atoms with E-state index < -0.39 is 91.2 Å². The number of hydrogen-bond donors (Lipinski definition) is 6. The van der Waals surface area contributed by atoms with E-state index in [0.29, 0.717) is 24.0 Å². The minimum atomic E-state index is -3.21. The molecule has 1 aromatic heterocycles. The molecule has 328 valence electrons. The lowest BCUT2D eigenvalue weighted by Gasteiger charge is -2.32. The van der Waals surface area contributed by atoms with Crippen LogP contribution in [0.25, 0.3) is 10.9 Å². The fourth-order valence-electron chi connectivity index (χ4n) is 7.21. The number of carbonyl (C=O) groups is 8. The molecule has 0 aliphatic carbocycles. The van der Waals surface area contributed by atoms with Gasteiger partial charge in [0.25, 0.3) is 11.8 Å². The number of benzene rings is 1. The molecule has 0 bridgehead atoms. The zero-order valence-corrected chi connectivity index (χ0v) is 32.9. The highest BCUT2D eigenvalue weighted by molar-refractivity contribution is 6.08. The summed E-state index contributed by atoms with van der Waals surface area (Å²) in [7, 11) is 0. The number of ether oxygens (including phenoxy) is 1. The monoisotopic (exact) mass is 856 g/mol. The van der Waals surface area contributed by atoms with Crippen LogP contribution < -0.4 is 21.3 Å². The zero-order chi connectivity index (χ0) is 44.3. The Morgan fingerprint density at radius 3 is 2.36 bits per heavy atom. The Kier molecular flexibility index (Phi) is 15.5. The summed E-state index contributed by atoms with van der Waals surface area (Å²) in [6, 6.07) is 5.13. The van der Waals surface area contributed by atoms with Gasteiger partial charge in [0.1, 0.15) is 12.1 Å². The van der Waals surface area contributed by atoms with Gasteiger partial charge in [-0.3, -0.25) is 58.0 Å². The summed E-state index contributed by atoms with van der Waals surface area (Å²) in [6.45, 7) is -0.654. The van der Waals surface area contributed by atoms with E-state index in [2.05, 4.69) is 26.3 Å². The first-order valence-corrected chi connectivity index (χ1v) is 19.4. The maximum absolute atomic E-state index is 13.8. The van der Waals surface area contributed by atoms with Gasteiger partial charge in [0, 0.05) is 82.2 Å². The molecular formula is C38H46F2N10O11. The van der Waals surface area contributed by atoms with Crippen LogP contribution in [0.4, 0.5) is 14.5 Å². The first-order chi connectivity index (χ1) is 29.0. The van der Waals surface area contributed by atoms with Crippen molar-refractivity contribution in [1.29, 1.82) is 5.26 Å². The van der Waals surface area contributed by atoms with Crippen LogP contribution in [0, 0.1) is 11.3 Å². The molecule has 0 spiro atoms. The Labute approximate surface area is 347 Å². The molecule has 6 N–H and O–H groups in total. The van der Waals surface area contributed by atoms with Gasteiger partial charge >= 0.3 is 17.9 Å². The number of esters is 1. The van der Waals surface area contributed by atoms with Crippen LogP contribution in [0.1, 0.15) is 42.5 Å². The van der Waals surface area contributed by atoms with Crippen molar-refractivity contribution >= 4 is 64.0 Å². The Bertz CT molecular complexity index is 2070. The van der Waals surface area contributed by atoms with Crippen molar-refractivity contribution in [3.05, 3.63) is 36.0 Å². The number of alkyl halides is 2. The van der Waals surface area contributed by atoms with E-state index in [4.69, 9.17) is 10.00 Å². The van der Waals surface area contributed by atoms with Gasteiger partial charge in [0.05, 0.1) is 49.9 Å². The van der Waals surface area contributed by atoms with Crippen molar-refractivity contribution in [3.8, 4) is 6.07 Å². The van der Waals surface area contributed by atoms with E-state index in [-0.39, 0.29) is 82.7 Å². The molecule has 1 aromatic carbocycles. The Hall–Kier alpha value is -6.38. The average Bonchev–Trinajstić information content (AvgIpc) is 3.75. The summed E-state index contributed by atoms with van der Waals surface area (Å²) in [5.74, 6) is -8.99. The number of carboxylic acid groups (broad SMARTS) is 2. The number of halogens is 2. The molecule has 21 nitrogen and oxygen atoms in total. The Morgan fingerprint density at radius 2 is 1.66 bits per heavy atom. The predicted octanol–water partition coefficient (Wildman–Crippen LogP) is -1.20. The summed E-state index contributed by atoms with van der Waals surface area (Å²) >= 11 is 0. The second-order valence-corrected chi connectivity index (χ2v) is 14.7. The first-order valence-electron chi connectivity index (χ1n) is 19.4. The molecule has 3 aliphatic rings. The molecule has 3 aliphatic heterocycles. The maximum Gasteiger partial charge on any atom is 0.321 e. The summed E-state index contributed by atoms with van der Waals surface area (Å²) < 4.78 is 33.0. The highest BCUT2D eigenvalue weighted by Gasteiger charge is 2.47. The smallest absolute Gasteiger partial charge is 0.321 e. The number of nitrogens with zero attached hydrogens (tertiary/aromatic N) is 6.